The van der Waals surface area contributed by atoms with Gasteiger partial charge in [-0.1, -0.05) is 18.2 Å². The molecule has 0 aliphatic heterocycles. The molecule has 3 aromatic heterocycles. The average Bonchev–Trinajstić information content (AvgIpc) is 3.33. The zero-order valence-electron chi connectivity index (χ0n) is 15.0. The van der Waals surface area contributed by atoms with Crippen LogP contribution in [0.5, 0.6) is 0 Å². The van der Waals surface area contributed by atoms with E-state index in [9.17, 15) is 0 Å². The minimum absolute atomic E-state index is 0.751. The second-order valence-corrected chi connectivity index (χ2v) is 6.91. The fourth-order valence-electron chi connectivity index (χ4n) is 2.74. The molecule has 4 rings (SSSR count). The van der Waals surface area contributed by atoms with Gasteiger partial charge in [0.1, 0.15) is 5.69 Å². The summed E-state index contributed by atoms with van der Waals surface area (Å²) >= 11 is 1.53. The van der Waals surface area contributed by atoms with E-state index in [1.54, 1.807) is 24.9 Å². The van der Waals surface area contributed by atoms with Crippen LogP contribution in [0.3, 0.4) is 0 Å². The molecular formula is C21H18N4OS. The van der Waals surface area contributed by atoms with E-state index < -0.39 is 0 Å². The number of benzene rings is 1. The monoisotopic (exact) mass is 374 g/mol. The predicted molar refractivity (Wildman–Crippen MR) is 108 cm³/mol. The first-order valence-electron chi connectivity index (χ1n) is 8.52. The Kier molecular flexibility index (Phi) is 4.80. The van der Waals surface area contributed by atoms with Crippen LogP contribution in [0.4, 0.5) is 5.69 Å². The summed E-state index contributed by atoms with van der Waals surface area (Å²) in [5.74, 6) is 0.751. The highest BCUT2D eigenvalue weighted by molar-refractivity contribution is 7.07. The number of nitrogens with zero attached hydrogens (tertiary/aromatic N) is 4. The van der Waals surface area contributed by atoms with Gasteiger partial charge in [-0.15, -0.1) is 11.3 Å². The van der Waals surface area contributed by atoms with Crippen molar-refractivity contribution >= 4 is 23.2 Å². The first-order chi connectivity index (χ1) is 13.2. The van der Waals surface area contributed by atoms with Crippen molar-refractivity contribution in [2.45, 2.75) is 13.8 Å². The Labute approximate surface area is 161 Å². The van der Waals surface area contributed by atoms with Crippen molar-refractivity contribution in [2.75, 3.05) is 0 Å². The van der Waals surface area contributed by atoms with Crippen molar-refractivity contribution < 1.29 is 4.42 Å². The van der Waals surface area contributed by atoms with Crippen molar-refractivity contribution in [3.05, 3.63) is 88.0 Å². The van der Waals surface area contributed by atoms with Gasteiger partial charge < -0.3 is 4.42 Å². The maximum Gasteiger partial charge on any atom is 0.211 e. The zero-order chi connectivity index (χ0) is 18.6. The first-order valence-corrected chi connectivity index (χ1v) is 9.40. The third-order valence-corrected chi connectivity index (χ3v) is 4.95. The van der Waals surface area contributed by atoms with E-state index in [-0.39, 0.29) is 0 Å². The second-order valence-electron chi connectivity index (χ2n) is 6.07. The van der Waals surface area contributed by atoms with Gasteiger partial charge in [0.05, 0.1) is 18.2 Å². The van der Waals surface area contributed by atoms with Crippen molar-refractivity contribution in [1.82, 2.24) is 9.66 Å². The summed E-state index contributed by atoms with van der Waals surface area (Å²) in [6.07, 6.45) is 6.95. The second kappa shape index (κ2) is 7.55. The predicted octanol–water partition coefficient (Wildman–Crippen LogP) is 4.94. The molecule has 0 fully saturated rings. The van der Waals surface area contributed by atoms with E-state index in [2.05, 4.69) is 36.1 Å². The van der Waals surface area contributed by atoms with Gasteiger partial charge in [-0.25, -0.2) is 9.67 Å². The van der Waals surface area contributed by atoms with E-state index in [0.717, 1.165) is 38.6 Å². The first kappa shape index (κ1) is 17.2. The van der Waals surface area contributed by atoms with Crippen LogP contribution in [0.2, 0.25) is 0 Å². The Morgan fingerprint density at radius 1 is 1.04 bits per heavy atom. The lowest BCUT2D eigenvalue weighted by Gasteiger charge is -2.04. The van der Waals surface area contributed by atoms with E-state index in [0.29, 0.717) is 0 Å². The van der Waals surface area contributed by atoms with E-state index in [4.69, 9.17) is 9.41 Å². The average molecular weight is 374 g/mol. The molecule has 3 heterocycles. The number of aryl methyl sites for hydroxylation is 2. The summed E-state index contributed by atoms with van der Waals surface area (Å²) in [6, 6.07) is 13.8. The minimum atomic E-state index is 0.751. The standard InChI is InChI=1S/C21H18N4OS/c1-15-5-3-6-16(2)20(15)24-21-25(23-13-17-8-10-22-11-9-17)18(14-27-21)19-7-4-12-26-19/h3-14H,1-2H3. The third-order valence-electron chi connectivity index (χ3n) is 4.13. The number of thiazole rings is 1. The number of furan rings is 1. The van der Waals surface area contributed by atoms with Gasteiger partial charge in [0.15, 0.2) is 5.76 Å². The SMILES string of the molecule is Cc1cccc(C)c1N=c1scc(-c2ccco2)n1N=Cc1ccncc1. The summed E-state index contributed by atoms with van der Waals surface area (Å²) in [4.78, 5) is 9.72. The van der Waals surface area contributed by atoms with Crippen LogP contribution in [-0.4, -0.2) is 15.9 Å². The summed E-state index contributed by atoms with van der Waals surface area (Å²) < 4.78 is 7.40. The lowest BCUT2D eigenvalue weighted by atomic mass is 10.1. The molecule has 0 N–H and O–H groups in total. The molecule has 0 unspecified atom stereocenters. The molecule has 0 amide bonds. The van der Waals surface area contributed by atoms with Crippen LogP contribution in [0.25, 0.3) is 11.5 Å². The smallest absolute Gasteiger partial charge is 0.211 e. The maximum atomic E-state index is 5.58. The Balaban J connectivity index is 1.88. The highest BCUT2D eigenvalue weighted by Gasteiger charge is 2.10. The Morgan fingerprint density at radius 3 is 2.52 bits per heavy atom. The molecule has 4 aromatic rings. The van der Waals surface area contributed by atoms with Crippen molar-refractivity contribution in [1.29, 1.82) is 0 Å². The molecule has 0 radical (unpaired) electrons. The molecule has 27 heavy (non-hydrogen) atoms. The number of rotatable bonds is 4. The van der Waals surface area contributed by atoms with Crippen molar-refractivity contribution in [3.63, 3.8) is 0 Å². The summed E-state index contributed by atoms with van der Waals surface area (Å²) in [5, 5.41) is 6.68. The molecule has 0 aliphatic carbocycles. The van der Waals surface area contributed by atoms with Crippen LogP contribution in [0, 0.1) is 13.8 Å². The van der Waals surface area contributed by atoms with E-state index in [1.165, 1.54) is 11.3 Å². The fourth-order valence-corrected chi connectivity index (χ4v) is 3.56. The van der Waals surface area contributed by atoms with Crippen LogP contribution >= 0.6 is 11.3 Å². The van der Waals surface area contributed by atoms with Gasteiger partial charge in [0.2, 0.25) is 4.80 Å². The van der Waals surface area contributed by atoms with Crippen LogP contribution < -0.4 is 4.80 Å². The van der Waals surface area contributed by atoms with Gasteiger partial charge in [-0.05, 0) is 54.8 Å². The maximum absolute atomic E-state index is 5.58. The summed E-state index contributed by atoms with van der Waals surface area (Å²) in [6.45, 7) is 4.13. The minimum Gasteiger partial charge on any atom is -0.463 e. The van der Waals surface area contributed by atoms with Crippen LogP contribution in [-0.2, 0) is 0 Å². The van der Waals surface area contributed by atoms with E-state index in [1.807, 2.05) is 40.4 Å². The van der Waals surface area contributed by atoms with E-state index >= 15 is 0 Å². The largest absolute Gasteiger partial charge is 0.463 e. The molecule has 0 saturated carbocycles. The topological polar surface area (TPSA) is 55.7 Å². The molecule has 134 valence electrons. The van der Waals surface area contributed by atoms with Crippen molar-refractivity contribution in [3.8, 4) is 11.5 Å². The molecule has 5 nitrogen and oxygen atoms in total. The molecule has 6 heteroatoms. The Bertz CT molecular complexity index is 1120. The van der Waals surface area contributed by atoms with Gasteiger partial charge >= 0.3 is 0 Å². The van der Waals surface area contributed by atoms with Gasteiger partial charge in [-0.2, -0.15) is 5.10 Å². The molecule has 0 saturated heterocycles. The Hall–Kier alpha value is -3.25. The summed E-state index contributed by atoms with van der Waals surface area (Å²) in [7, 11) is 0. The Morgan fingerprint density at radius 2 is 1.81 bits per heavy atom. The normalized spacial score (nSPS) is 12.1. The highest BCUT2D eigenvalue weighted by Crippen LogP contribution is 2.24. The summed E-state index contributed by atoms with van der Waals surface area (Å²) in [5.41, 5.74) is 5.06. The molecule has 0 spiro atoms. The van der Waals surface area contributed by atoms with Gasteiger partial charge in [0.25, 0.3) is 0 Å². The number of hydrogen-bond acceptors (Lipinski definition) is 5. The highest BCUT2D eigenvalue weighted by atomic mass is 32.1. The molecule has 1 aromatic carbocycles. The molecule has 0 atom stereocenters. The number of aromatic nitrogens is 2. The number of hydrogen-bond donors (Lipinski definition) is 0. The lowest BCUT2D eigenvalue weighted by molar-refractivity contribution is 0.575. The van der Waals surface area contributed by atoms with Gasteiger partial charge in [0, 0.05) is 17.8 Å². The molecule has 0 bridgehead atoms. The number of para-hydroxylation sites is 1. The quantitative estimate of drug-likeness (QED) is 0.475. The lowest BCUT2D eigenvalue weighted by Crippen LogP contribution is -2.11. The third kappa shape index (κ3) is 3.66. The molecule has 0 aliphatic rings. The molecular weight excluding hydrogens is 356 g/mol. The zero-order valence-corrected chi connectivity index (χ0v) is 15.9. The van der Waals surface area contributed by atoms with Gasteiger partial charge in [-0.3, -0.25) is 4.98 Å². The van der Waals surface area contributed by atoms with Crippen molar-refractivity contribution in [2.24, 2.45) is 10.1 Å². The number of pyridine rings is 1. The fraction of sp³-hybridized carbons (Fsp3) is 0.0952. The van der Waals surface area contributed by atoms with Crippen LogP contribution in [0.15, 0.2) is 81.0 Å². The van der Waals surface area contributed by atoms with Crippen LogP contribution in [0.1, 0.15) is 16.7 Å².